The monoisotopic (exact) mass is 360 g/mol. The third-order valence-corrected chi connectivity index (χ3v) is 4.36. The second kappa shape index (κ2) is 6.59. The molecule has 0 aliphatic rings. The molecule has 0 spiro atoms. The number of hydrogen-bond donors (Lipinski definition) is 3. The van der Waals surface area contributed by atoms with Crippen molar-refractivity contribution in [1.82, 2.24) is 5.32 Å². The molecule has 122 valence electrons. The summed E-state index contributed by atoms with van der Waals surface area (Å²) in [6.07, 6.45) is 0. The Morgan fingerprint density at radius 2 is 1.83 bits per heavy atom. The number of phenolic OH excluding ortho intramolecular Hbond substituents is 1. The molecule has 4 N–H and O–H groups in total. The van der Waals surface area contributed by atoms with Crippen LogP contribution in [0.4, 0.5) is 4.79 Å². The highest BCUT2D eigenvalue weighted by molar-refractivity contribution is 6.35. The first-order valence-corrected chi connectivity index (χ1v) is 7.94. The number of aromatic hydroxyl groups is 1. The van der Waals surface area contributed by atoms with E-state index in [0.29, 0.717) is 21.2 Å². The van der Waals surface area contributed by atoms with Gasteiger partial charge in [0.25, 0.3) is 0 Å². The summed E-state index contributed by atoms with van der Waals surface area (Å²) >= 11 is 12.3. The fourth-order valence-corrected chi connectivity index (χ4v) is 3.29. The summed E-state index contributed by atoms with van der Waals surface area (Å²) in [6, 6.07) is 14.4. The van der Waals surface area contributed by atoms with E-state index >= 15 is 0 Å². The van der Waals surface area contributed by atoms with Crippen LogP contribution in [0.1, 0.15) is 17.2 Å². The molecule has 24 heavy (non-hydrogen) atoms. The molecule has 0 saturated carbocycles. The molecule has 1 atom stereocenters. The van der Waals surface area contributed by atoms with Gasteiger partial charge in [-0.1, -0.05) is 59.6 Å². The van der Waals surface area contributed by atoms with Gasteiger partial charge in [0.2, 0.25) is 0 Å². The maximum absolute atomic E-state index is 11.5. The van der Waals surface area contributed by atoms with Crippen molar-refractivity contribution in [3.63, 3.8) is 0 Å². The van der Waals surface area contributed by atoms with E-state index in [1.54, 1.807) is 30.3 Å². The van der Waals surface area contributed by atoms with Gasteiger partial charge in [-0.05, 0) is 34.5 Å². The van der Waals surface area contributed by atoms with Crippen LogP contribution in [0.25, 0.3) is 10.8 Å². The van der Waals surface area contributed by atoms with E-state index in [9.17, 15) is 9.90 Å². The average Bonchev–Trinajstić information content (AvgIpc) is 2.53. The van der Waals surface area contributed by atoms with Crippen molar-refractivity contribution in [2.75, 3.05) is 0 Å². The molecular weight excluding hydrogens is 347 g/mol. The lowest BCUT2D eigenvalue weighted by molar-refractivity contribution is 0.247. The van der Waals surface area contributed by atoms with E-state index in [4.69, 9.17) is 28.9 Å². The Labute approximate surface area is 148 Å². The first-order chi connectivity index (χ1) is 11.5. The Hall–Kier alpha value is -2.43. The highest BCUT2D eigenvalue weighted by Gasteiger charge is 2.23. The van der Waals surface area contributed by atoms with Crippen LogP contribution in [0.5, 0.6) is 5.75 Å². The summed E-state index contributed by atoms with van der Waals surface area (Å²) < 4.78 is 0. The second-order valence-corrected chi connectivity index (χ2v) is 6.17. The average molecular weight is 361 g/mol. The molecule has 0 aliphatic heterocycles. The molecule has 0 saturated heterocycles. The van der Waals surface area contributed by atoms with Crippen molar-refractivity contribution in [1.29, 1.82) is 0 Å². The van der Waals surface area contributed by atoms with Gasteiger partial charge in [0, 0.05) is 15.6 Å². The normalized spacial score (nSPS) is 12.1. The molecule has 0 aromatic heterocycles. The van der Waals surface area contributed by atoms with E-state index in [-0.39, 0.29) is 5.75 Å². The molecule has 1 unspecified atom stereocenters. The van der Waals surface area contributed by atoms with E-state index < -0.39 is 12.1 Å². The summed E-state index contributed by atoms with van der Waals surface area (Å²) in [5.74, 6) is 0.0402. The van der Waals surface area contributed by atoms with Gasteiger partial charge in [0.1, 0.15) is 5.75 Å². The van der Waals surface area contributed by atoms with Gasteiger partial charge < -0.3 is 16.2 Å². The van der Waals surface area contributed by atoms with Crippen LogP contribution in [0.2, 0.25) is 10.0 Å². The molecule has 4 nitrogen and oxygen atoms in total. The predicted octanol–water partition coefficient (Wildman–Crippen LogP) is 4.61. The minimum absolute atomic E-state index is 0.0402. The number of halogens is 2. The SMILES string of the molecule is NC(=O)NC(c1ccc(Cl)cc1Cl)c1c(O)ccc2ccccc12. The lowest BCUT2D eigenvalue weighted by atomic mass is 9.92. The third kappa shape index (κ3) is 3.11. The lowest BCUT2D eigenvalue weighted by Gasteiger charge is -2.22. The van der Waals surface area contributed by atoms with Gasteiger partial charge in [-0.2, -0.15) is 0 Å². The number of rotatable bonds is 3. The Morgan fingerprint density at radius 3 is 2.54 bits per heavy atom. The molecule has 0 radical (unpaired) electrons. The fraction of sp³-hybridized carbons (Fsp3) is 0.0556. The first kappa shape index (κ1) is 16.4. The summed E-state index contributed by atoms with van der Waals surface area (Å²) in [5, 5.41) is 15.7. The Balaban J connectivity index is 2.27. The van der Waals surface area contributed by atoms with Gasteiger partial charge >= 0.3 is 6.03 Å². The maximum Gasteiger partial charge on any atom is 0.312 e. The van der Waals surface area contributed by atoms with Crippen LogP contribution in [0.3, 0.4) is 0 Å². The van der Waals surface area contributed by atoms with Crippen molar-refractivity contribution in [3.05, 3.63) is 75.8 Å². The molecule has 0 bridgehead atoms. The number of primary amides is 1. The minimum atomic E-state index is -0.724. The molecule has 6 heteroatoms. The van der Waals surface area contributed by atoms with Gasteiger partial charge in [0.15, 0.2) is 0 Å². The van der Waals surface area contributed by atoms with Crippen molar-refractivity contribution >= 4 is 40.0 Å². The predicted molar refractivity (Wildman–Crippen MR) is 96.6 cm³/mol. The number of phenols is 1. The van der Waals surface area contributed by atoms with E-state index in [1.165, 1.54) is 0 Å². The van der Waals surface area contributed by atoms with Crippen LogP contribution < -0.4 is 11.1 Å². The van der Waals surface area contributed by atoms with E-state index in [1.807, 2.05) is 24.3 Å². The number of urea groups is 1. The Morgan fingerprint density at radius 1 is 1.08 bits per heavy atom. The van der Waals surface area contributed by atoms with Crippen LogP contribution in [-0.4, -0.2) is 11.1 Å². The van der Waals surface area contributed by atoms with Gasteiger partial charge in [-0.3, -0.25) is 0 Å². The standard InChI is InChI=1S/C18H14Cl2N2O2/c19-11-6-7-13(14(20)9-11)17(22-18(21)24)16-12-4-2-1-3-10(12)5-8-15(16)23/h1-9,17,23H,(H3,21,22,24). The second-order valence-electron chi connectivity index (χ2n) is 5.33. The molecule has 0 aliphatic carbocycles. The van der Waals surface area contributed by atoms with E-state index in [2.05, 4.69) is 5.32 Å². The molecule has 2 amide bonds. The number of amides is 2. The number of nitrogens with one attached hydrogen (secondary N) is 1. The molecule has 0 fully saturated rings. The molecule has 3 rings (SSSR count). The highest BCUT2D eigenvalue weighted by atomic mass is 35.5. The first-order valence-electron chi connectivity index (χ1n) is 7.19. The third-order valence-electron chi connectivity index (χ3n) is 3.80. The number of carbonyl (C=O) groups excluding carboxylic acids is 1. The van der Waals surface area contributed by atoms with Gasteiger partial charge in [-0.25, -0.2) is 4.79 Å². The minimum Gasteiger partial charge on any atom is -0.508 e. The van der Waals surface area contributed by atoms with Crippen molar-refractivity contribution in [3.8, 4) is 5.75 Å². The van der Waals surface area contributed by atoms with Gasteiger partial charge in [0.05, 0.1) is 6.04 Å². The van der Waals surface area contributed by atoms with E-state index in [0.717, 1.165) is 10.8 Å². The maximum atomic E-state index is 11.5. The summed E-state index contributed by atoms with van der Waals surface area (Å²) in [6.45, 7) is 0. The van der Waals surface area contributed by atoms with Crippen LogP contribution >= 0.6 is 23.2 Å². The summed E-state index contributed by atoms with van der Waals surface area (Å²) in [5.41, 5.74) is 6.45. The topological polar surface area (TPSA) is 75.4 Å². The zero-order valence-corrected chi connectivity index (χ0v) is 14.0. The number of carbonyl (C=O) groups is 1. The molecule has 3 aromatic carbocycles. The smallest absolute Gasteiger partial charge is 0.312 e. The fourth-order valence-electron chi connectivity index (χ4n) is 2.77. The number of nitrogens with two attached hydrogens (primary N) is 1. The number of benzene rings is 3. The van der Waals surface area contributed by atoms with Crippen molar-refractivity contribution in [2.45, 2.75) is 6.04 Å². The summed E-state index contributed by atoms with van der Waals surface area (Å²) in [4.78, 5) is 11.5. The molecule has 3 aromatic rings. The number of hydrogen-bond acceptors (Lipinski definition) is 2. The van der Waals surface area contributed by atoms with Crippen molar-refractivity contribution < 1.29 is 9.90 Å². The Kier molecular flexibility index (Phi) is 4.51. The zero-order chi connectivity index (χ0) is 17.3. The summed E-state index contributed by atoms with van der Waals surface area (Å²) in [7, 11) is 0. The van der Waals surface area contributed by atoms with Gasteiger partial charge in [-0.15, -0.1) is 0 Å². The lowest BCUT2D eigenvalue weighted by Crippen LogP contribution is -2.34. The Bertz CT molecular complexity index is 928. The molecule has 0 heterocycles. The quantitative estimate of drug-likeness (QED) is 0.637. The number of fused-ring (bicyclic) bond motifs is 1. The van der Waals surface area contributed by atoms with Crippen LogP contribution in [-0.2, 0) is 0 Å². The van der Waals surface area contributed by atoms with Crippen LogP contribution in [0.15, 0.2) is 54.6 Å². The highest BCUT2D eigenvalue weighted by Crippen LogP contribution is 2.38. The molecular formula is C18H14Cl2N2O2. The van der Waals surface area contributed by atoms with Crippen LogP contribution in [0, 0.1) is 0 Å². The largest absolute Gasteiger partial charge is 0.508 e. The zero-order valence-electron chi connectivity index (χ0n) is 12.5. The van der Waals surface area contributed by atoms with Crippen molar-refractivity contribution in [2.24, 2.45) is 5.73 Å².